The van der Waals surface area contributed by atoms with E-state index in [4.69, 9.17) is 12.2 Å². The van der Waals surface area contributed by atoms with Crippen LogP contribution < -0.4 is 5.56 Å². The molecule has 2 N–H and O–H groups in total. The van der Waals surface area contributed by atoms with E-state index in [1.54, 1.807) is 6.21 Å². The molecule has 5 heteroatoms. The predicted octanol–water partition coefficient (Wildman–Crippen LogP) is 0.691. The van der Waals surface area contributed by atoms with Gasteiger partial charge in [-0.1, -0.05) is 0 Å². The van der Waals surface area contributed by atoms with Gasteiger partial charge in [-0.25, -0.2) is 4.99 Å². The lowest BCUT2D eigenvalue weighted by atomic mass is 10.3. The summed E-state index contributed by atoms with van der Waals surface area (Å²) in [6, 6.07) is 0. The van der Waals surface area contributed by atoms with Crippen molar-refractivity contribution in [2.45, 2.75) is 6.42 Å². The van der Waals surface area contributed by atoms with E-state index in [2.05, 4.69) is 15.0 Å². The number of aliphatic imine (C=N–C) groups is 1. The molecular formula is C6H5N3OS. The molecule has 0 saturated carbocycles. The molecule has 0 radical (unpaired) electrons. The highest BCUT2D eigenvalue weighted by Crippen LogP contribution is 2.15. The lowest BCUT2D eigenvalue weighted by Gasteiger charge is -1.93. The molecular weight excluding hydrogens is 162 g/mol. The summed E-state index contributed by atoms with van der Waals surface area (Å²) in [6.45, 7) is 0. The first-order chi connectivity index (χ1) is 5.27. The SMILES string of the molecule is O=c1[nH]c(=S)[nH]c2c1CC=N2. The number of nitrogens with zero attached hydrogens (tertiary/aromatic N) is 1. The molecule has 1 aromatic heterocycles. The van der Waals surface area contributed by atoms with E-state index in [0.29, 0.717) is 22.6 Å². The van der Waals surface area contributed by atoms with Crippen LogP contribution in [0.25, 0.3) is 0 Å². The van der Waals surface area contributed by atoms with Crippen LogP contribution in [0.4, 0.5) is 5.82 Å². The standard InChI is InChI=1S/C6H5N3OS/c10-5-3-1-2-7-4(3)8-6(11)9-5/h2H,1H2,(H2,8,9,10,11). The minimum atomic E-state index is -0.138. The molecule has 0 unspecified atom stereocenters. The van der Waals surface area contributed by atoms with E-state index in [1.807, 2.05) is 0 Å². The maximum Gasteiger partial charge on any atom is 0.257 e. The molecule has 4 nitrogen and oxygen atoms in total. The van der Waals surface area contributed by atoms with Gasteiger partial charge in [-0.05, 0) is 12.2 Å². The number of aromatic nitrogens is 2. The molecule has 11 heavy (non-hydrogen) atoms. The van der Waals surface area contributed by atoms with Crippen molar-refractivity contribution in [2.24, 2.45) is 4.99 Å². The molecule has 0 fully saturated rings. The monoisotopic (exact) mass is 167 g/mol. The highest BCUT2D eigenvalue weighted by atomic mass is 32.1. The molecule has 0 amide bonds. The summed E-state index contributed by atoms with van der Waals surface area (Å²) in [5, 5.41) is 0. The van der Waals surface area contributed by atoms with Gasteiger partial charge in [0.1, 0.15) is 5.82 Å². The summed E-state index contributed by atoms with van der Waals surface area (Å²) >= 11 is 4.76. The van der Waals surface area contributed by atoms with Crippen LogP contribution in [0.1, 0.15) is 5.56 Å². The molecule has 0 aliphatic carbocycles. The Balaban J connectivity index is 2.87. The van der Waals surface area contributed by atoms with Gasteiger partial charge in [0.2, 0.25) is 0 Å². The first-order valence-corrected chi connectivity index (χ1v) is 3.56. The van der Waals surface area contributed by atoms with Gasteiger partial charge < -0.3 is 4.98 Å². The summed E-state index contributed by atoms with van der Waals surface area (Å²) < 4.78 is 0.327. The van der Waals surface area contributed by atoms with Crippen LogP contribution in [0.5, 0.6) is 0 Å². The zero-order valence-corrected chi connectivity index (χ0v) is 6.36. The van der Waals surface area contributed by atoms with Crippen LogP contribution in [0.2, 0.25) is 0 Å². The summed E-state index contributed by atoms with van der Waals surface area (Å²) in [7, 11) is 0. The molecule has 0 aromatic carbocycles. The van der Waals surface area contributed by atoms with E-state index in [0.717, 1.165) is 0 Å². The molecule has 0 spiro atoms. The average Bonchev–Trinajstić information content (AvgIpc) is 2.34. The maximum absolute atomic E-state index is 11.1. The largest absolute Gasteiger partial charge is 0.317 e. The third kappa shape index (κ3) is 0.932. The lowest BCUT2D eigenvalue weighted by molar-refractivity contribution is 1.05. The average molecular weight is 167 g/mol. The summed E-state index contributed by atoms with van der Waals surface area (Å²) in [5.74, 6) is 0.596. The Morgan fingerprint density at radius 1 is 1.55 bits per heavy atom. The molecule has 1 aromatic rings. The van der Waals surface area contributed by atoms with Gasteiger partial charge in [-0.15, -0.1) is 0 Å². The Morgan fingerprint density at radius 2 is 2.36 bits per heavy atom. The van der Waals surface area contributed by atoms with Crippen LogP contribution >= 0.6 is 12.2 Å². The third-order valence-corrected chi connectivity index (χ3v) is 1.74. The number of nitrogens with one attached hydrogen (secondary N) is 2. The lowest BCUT2D eigenvalue weighted by Crippen LogP contribution is -2.11. The minimum absolute atomic E-state index is 0.138. The highest BCUT2D eigenvalue weighted by Gasteiger charge is 2.09. The fourth-order valence-electron chi connectivity index (χ4n) is 1.03. The van der Waals surface area contributed by atoms with Crippen molar-refractivity contribution in [1.29, 1.82) is 0 Å². The molecule has 1 aliphatic heterocycles. The topological polar surface area (TPSA) is 61.0 Å². The van der Waals surface area contributed by atoms with Crippen molar-refractivity contribution in [3.8, 4) is 0 Å². The molecule has 2 heterocycles. The number of fused-ring (bicyclic) bond motifs is 1. The van der Waals surface area contributed by atoms with Crippen molar-refractivity contribution in [1.82, 2.24) is 9.97 Å². The fraction of sp³-hybridized carbons (Fsp3) is 0.167. The molecule has 0 atom stereocenters. The Kier molecular flexibility index (Phi) is 1.25. The van der Waals surface area contributed by atoms with Gasteiger partial charge >= 0.3 is 0 Å². The number of hydrogen-bond donors (Lipinski definition) is 2. The maximum atomic E-state index is 11.1. The highest BCUT2D eigenvalue weighted by molar-refractivity contribution is 7.71. The van der Waals surface area contributed by atoms with E-state index in [-0.39, 0.29) is 5.56 Å². The number of hydrogen-bond acceptors (Lipinski definition) is 3. The van der Waals surface area contributed by atoms with Crippen LogP contribution in [0.3, 0.4) is 0 Å². The second-order valence-electron chi connectivity index (χ2n) is 2.25. The van der Waals surface area contributed by atoms with Gasteiger partial charge in [0.25, 0.3) is 5.56 Å². The van der Waals surface area contributed by atoms with Crippen LogP contribution in [-0.2, 0) is 6.42 Å². The van der Waals surface area contributed by atoms with Gasteiger partial charge in [0.05, 0.1) is 5.56 Å². The third-order valence-electron chi connectivity index (χ3n) is 1.53. The Hall–Kier alpha value is -1.23. The second kappa shape index (κ2) is 2.13. The Bertz CT molecular complexity index is 428. The van der Waals surface area contributed by atoms with Gasteiger partial charge in [-0.3, -0.25) is 9.78 Å². The molecule has 56 valence electrons. The van der Waals surface area contributed by atoms with E-state index in [1.165, 1.54) is 0 Å². The van der Waals surface area contributed by atoms with E-state index >= 15 is 0 Å². The van der Waals surface area contributed by atoms with Crippen molar-refractivity contribution >= 4 is 24.3 Å². The van der Waals surface area contributed by atoms with Crippen molar-refractivity contribution in [3.05, 3.63) is 20.7 Å². The second-order valence-corrected chi connectivity index (χ2v) is 2.66. The predicted molar refractivity (Wildman–Crippen MR) is 44.1 cm³/mol. The molecule has 1 aliphatic rings. The summed E-state index contributed by atoms with van der Waals surface area (Å²) in [5.41, 5.74) is 0.528. The minimum Gasteiger partial charge on any atom is -0.317 e. The molecule has 2 rings (SSSR count). The van der Waals surface area contributed by atoms with E-state index in [9.17, 15) is 4.79 Å². The number of aromatic amines is 2. The van der Waals surface area contributed by atoms with Gasteiger partial charge in [0.15, 0.2) is 4.77 Å². The zero-order valence-electron chi connectivity index (χ0n) is 5.55. The Morgan fingerprint density at radius 3 is 3.18 bits per heavy atom. The summed E-state index contributed by atoms with van der Waals surface area (Å²) in [6.07, 6.45) is 2.28. The number of H-pyrrole nitrogens is 2. The smallest absolute Gasteiger partial charge is 0.257 e. The van der Waals surface area contributed by atoms with Gasteiger partial charge in [-0.2, -0.15) is 0 Å². The molecule has 0 saturated heterocycles. The van der Waals surface area contributed by atoms with Crippen LogP contribution in [-0.4, -0.2) is 16.2 Å². The van der Waals surface area contributed by atoms with Crippen LogP contribution in [0.15, 0.2) is 9.79 Å². The Labute approximate surface area is 67.0 Å². The first-order valence-electron chi connectivity index (χ1n) is 3.15. The van der Waals surface area contributed by atoms with Crippen molar-refractivity contribution in [2.75, 3.05) is 0 Å². The van der Waals surface area contributed by atoms with E-state index < -0.39 is 0 Å². The summed E-state index contributed by atoms with van der Waals surface area (Å²) in [4.78, 5) is 20.3. The fourth-order valence-corrected chi connectivity index (χ4v) is 1.22. The van der Waals surface area contributed by atoms with Gasteiger partial charge in [0, 0.05) is 12.6 Å². The first kappa shape index (κ1) is 6.48. The molecule has 0 bridgehead atoms. The van der Waals surface area contributed by atoms with Crippen LogP contribution in [0, 0.1) is 4.77 Å². The number of rotatable bonds is 0. The van der Waals surface area contributed by atoms with Crippen molar-refractivity contribution in [3.63, 3.8) is 0 Å². The normalized spacial score (nSPS) is 13.5. The zero-order chi connectivity index (χ0) is 7.84. The van der Waals surface area contributed by atoms with Crippen molar-refractivity contribution < 1.29 is 0 Å². The quantitative estimate of drug-likeness (QED) is 0.558.